The third-order valence-corrected chi connectivity index (χ3v) is 6.71. The number of amides is 3. The maximum atomic E-state index is 13.4. The van der Waals surface area contributed by atoms with Crippen LogP contribution < -0.4 is 10.6 Å². The molecule has 0 aromatic heterocycles. The molecule has 36 heavy (non-hydrogen) atoms. The number of nitrogens with one attached hydrogen (secondary N) is 2. The largest absolute Gasteiger partial charge is 0.478 e. The van der Waals surface area contributed by atoms with Crippen LogP contribution in [-0.2, 0) is 17.6 Å². The molecule has 1 aliphatic carbocycles. The Kier molecular flexibility index (Phi) is 8.00. The molecule has 2 unspecified atom stereocenters. The van der Waals surface area contributed by atoms with Crippen LogP contribution in [0, 0.1) is 5.92 Å². The number of carbonyl (C=O) groups excluding carboxylic acids is 2. The van der Waals surface area contributed by atoms with Crippen molar-refractivity contribution in [3.63, 3.8) is 0 Å². The molecule has 0 saturated heterocycles. The second-order valence-corrected chi connectivity index (χ2v) is 9.01. The molecular weight excluding hydrogens is 454 g/mol. The molecule has 0 aliphatic heterocycles. The summed E-state index contributed by atoms with van der Waals surface area (Å²) in [5.41, 5.74) is 4.10. The fourth-order valence-electron chi connectivity index (χ4n) is 5.05. The van der Waals surface area contributed by atoms with Gasteiger partial charge in [0.2, 0.25) is 5.91 Å². The second kappa shape index (κ2) is 11.5. The lowest BCUT2D eigenvalue weighted by Gasteiger charge is -2.41. The van der Waals surface area contributed by atoms with Gasteiger partial charge in [-0.25, -0.2) is 9.59 Å². The number of rotatable bonds is 8. The summed E-state index contributed by atoms with van der Waals surface area (Å²) in [6.07, 6.45) is 2.83. The Bertz CT molecular complexity index is 1230. The summed E-state index contributed by atoms with van der Waals surface area (Å²) in [4.78, 5) is 38.9. The highest BCUT2D eigenvalue weighted by Crippen LogP contribution is 2.40. The third kappa shape index (κ3) is 5.92. The second-order valence-electron chi connectivity index (χ2n) is 9.01. The molecule has 0 radical (unpaired) electrons. The minimum absolute atomic E-state index is 0.0708. The third-order valence-electron chi connectivity index (χ3n) is 6.71. The average molecular weight is 486 g/mol. The highest BCUT2D eigenvalue weighted by atomic mass is 16.4. The number of anilines is 1. The number of likely N-dealkylation sites (N-methyl/N-ethyl adjacent to an activating group) is 1. The first kappa shape index (κ1) is 25.0. The first-order valence-electron chi connectivity index (χ1n) is 12.3. The van der Waals surface area contributed by atoms with Crippen LogP contribution in [0.3, 0.4) is 0 Å². The number of carbonyl (C=O) groups is 3. The van der Waals surface area contributed by atoms with Crippen molar-refractivity contribution in [1.29, 1.82) is 0 Å². The van der Waals surface area contributed by atoms with E-state index in [4.69, 9.17) is 5.11 Å². The molecule has 3 amide bonds. The molecule has 0 saturated carbocycles. The first-order chi connectivity index (χ1) is 17.5. The standard InChI is InChI=1S/C29H31N3O4/c1-2-32(26(33)19-30-29(36)31-24-13-8-12-23(18-24)28(34)35)27-22(17-20-9-4-3-5-10-20)16-15-21-11-6-7-14-25(21)27/h3-14,18,22,27H,2,15-17,19H2,1H3,(H,34,35)(H2,30,31,36). The van der Waals surface area contributed by atoms with Gasteiger partial charge in [-0.05, 0) is 67.0 Å². The van der Waals surface area contributed by atoms with E-state index < -0.39 is 12.0 Å². The summed E-state index contributed by atoms with van der Waals surface area (Å²) >= 11 is 0. The number of carboxylic acids is 1. The summed E-state index contributed by atoms with van der Waals surface area (Å²) in [5, 5.41) is 14.4. The van der Waals surface area contributed by atoms with E-state index in [-0.39, 0.29) is 30.0 Å². The molecule has 3 aromatic rings. The fraction of sp³-hybridized carbons (Fsp3) is 0.276. The smallest absolute Gasteiger partial charge is 0.335 e. The number of benzene rings is 3. The molecule has 2 atom stereocenters. The number of hydrogen-bond acceptors (Lipinski definition) is 3. The van der Waals surface area contributed by atoms with E-state index in [2.05, 4.69) is 34.9 Å². The summed E-state index contributed by atoms with van der Waals surface area (Å²) < 4.78 is 0. The lowest BCUT2D eigenvalue weighted by molar-refractivity contribution is -0.133. The average Bonchev–Trinajstić information content (AvgIpc) is 2.89. The van der Waals surface area contributed by atoms with E-state index in [0.29, 0.717) is 12.2 Å². The molecule has 0 spiro atoms. The quantitative estimate of drug-likeness (QED) is 0.423. The minimum atomic E-state index is -1.08. The normalized spacial score (nSPS) is 16.5. The molecule has 4 rings (SSSR count). The van der Waals surface area contributed by atoms with Crippen molar-refractivity contribution in [3.8, 4) is 0 Å². The van der Waals surface area contributed by atoms with E-state index in [9.17, 15) is 14.4 Å². The van der Waals surface area contributed by atoms with Crippen molar-refractivity contribution in [2.75, 3.05) is 18.4 Å². The number of hydrogen-bond donors (Lipinski definition) is 3. The molecule has 0 fully saturated rings. The Morgan fingerprint density at radius 3 is 2.47 bits per heavy atom. The summed E-state index contributed by atoms with van der Waals surface area (Å²) in [5.74, 6) is -0.976. The molecule has 186 valence electrons. The van der Waals surface area contributed by atoms with Crippen molar-refractivity contribution in [2.24, 2.45) is 5.92 Å². The Labute approximate surface area is 211 Å². The van der Waals surface area contributed by atoms with Gasteiger partial charge in [0.15, 0.2) is 0 Å². The molecule has 1 aliphatic rings. The summed E-state index contributed by atoms with van der Waals surface area (Å²) in [6, 6.07) is 24.0. The summed E-state index contributed by atoms with van der Waals surface area (Å²) in [7, 11) is 0. The van der Waals surface area contributed by atoms with Gasteiger partial charge < -0.3 is 20.6 Å². The van der Waals surface area contributed by atoms with E-state index in [1.165, 1.54) is 28.8 Å². The zero-order valence-corrected chi connectivity index (χ0v) is 20.3. The Balaban J connectivity index is 1.47. The van der Waals surface area contributed by atoms with Crippen molar-refractivity contribution in [2.45, 2.75) is 32.2 Å². The molecule has 0 bridgehead atoms. The molecule has 3 N–H and O–H groups in total. The first-order valence-corrected chi connectivity index (χ1v) is 12.3. The highest BCUT2D eigenvalue weighted by Gasteiger charge is 2.35. The maximum Gasteiger partial charge on any atom is 0.335 e. The molecule has 7 heteroatoms. The van der Waals surface area contributed by atoms with E-state index in [1.807, 2.05) is 42.2 Å². The van der Waals surface area contributed by atoms with Crippen LogP contribution in [0.5, 0.6) is 0 Å². The predicted octanol–water partition coefficient (Wildman–Crippen LogP) is 4.90. The maximum absolute atomic E-state index is 13.4. The number of aryl methyl sites for hydroxylation is 1. The Hall–Kier alpha value is -4.13. The number of nitrogens with zero attached hydrogens (tertiary/aromatic N) is 1. The lowest BCUT2D eigenvalue weighted by atomic mass is 9.76. The van der Waals surface area contributed by atoms with Crippen molar-refractivity contribution in [3.05, 3.63) is 101 Å². The van der Waals surface area contributed by atoms with Gasteiger partial charge in [-0.3, -0.25) is 4.79 Å². The van der Waals surface area contributed by atoms with Crippen LogP contribution in [0.4, 0.5) is 10.5 Å². The van der Waals surface area contributed by atoms with Crippen molar-refractivity contribution >= 4 is 23.6 Å². The van der Waals surface area contributed by atoms with Crippen LogP contribution in [0.1, 0.15) is 46.4 Å². The molecule has 0 heterocycles. The van der Waals surface area contributed by atoms with E-state index in [1.54, 1.807) is 12.1 Å². The Morgan fingerprint density at radius 1 is 0.972 bits per heavy atom. The van der Waals surface area contributed by atoms with Gasteiger partial charge in [0, 0.05) is 12.2 Å². The zero-order chi connectivity index (χ0) is 25.5. The number of fused-ring (bicyclic) bond motifs is 1. The molecular formula is C29H31N3O4. The Morgan fingerprint density at radius 2 is 1.72 bits per heavy atom. The number of urea groups is 1. The monoisotopic (exact) mass is 485 g/mol. The molecule has 3 aromatic carbocycles. The van der Waals surface area contributed by atoms with Crippen LogP contribution >= 0.6 is 0 Å². The van der Waals surface area contributed by atoms with Gasteiger partial charge in [-0.2, -0.15) is 0 Å². The summed E-state index contributed by atoms with van der Waals surface area (Å²) in [6.45, 7) is 2.33. The fourth-order valence-corrected chi connectivity index (χ4v) is 5.05. The van der Waals surface area contributed by atoms with Crippen LogP contribution in [0.2, 0.25) is 0 Å². The minimum Gasteiger partial charge on any atom is -0.478 e. The van der Waals surface area contributed by atoms with Crippen LogP contribution in [0.15, 0.2) is 78.9 Å². The van der Waals surface area contributed by atoms with Crippen LogP contribution in [-0.4, -0.2) is 41.0 Å². The zero-order valence-electron chi connectivity index (χ0n) is 20.3. The van der Waals surface area contributed by atoms with Gasteiger partial charge >= 0.3 is 12.0 Å². The predicted molar refractivity (Wildman–Crippen MR) is 139 cm³/mol. The topological polar surface area (TPSA) is 98.7 Å². The number of aromatic carboxylic acids is 1. The van der Waals surface area contributed by atoms with Gasteiger partial charge in [0.1, 0.15) is 0 Å². The number of carboxylic acid groups (broad SMARTS) is 1. The van der Waals surface area contributed by atoms with E-state index >= 15 is 0 Å². The van der Waals surface area contributed by atoms with Crippen molar-refractivity contribution < 1.29 is 19.5 Å². The van der Waals surface area contributed by atoms with Crippen LogP contribution in [0.25, 0.3) is 0 Å². The van der Waals surface area contributed by atoms with Gasteiger partial charge in [-0.15, -0.1) is 0 Å². The van der Waals surface area contributed by atoms with Gasteiger partial charge in [-0.1, -0.05) is 60.7 Å². The van der Waals surface area contributed by atoms with E-state index in [0.717, 1.165) is 19.3 Å². The molecule has 7 nitrogen and oxygen atoms in total. The van der Waals surface area contributed by atoms with Gasteiger partial charge in [0.25, 0.3) is 0 Å². The van der Waals surface area contributed by atoms with Crippen molar-refractivity contribution in [1.82, 2.24) is 10.2 Å². The van der Waals surface area contributed by atoms with Gasteiger partial charge in [0.05, 0.1) is 18.2 Å². The SMILES string of the molecule is CCN(C(=O)CNC(=O)Nc1cccc(C(=O)O)c1)C1c2ccccc2CCC1Cc1ccccc1. The highest BCUT2D eigenvalue weighted by molar-refractivity contribution is 5.94. The lowest BCUT2D eigenvalue weighted by Crippen LogP contribution is -2.46.